The molecule has 0 bridgehead atoms. The van der Waals surface area contributed by atoms with Gasteiger partial charge in [-0.15, -0.1) is 0 Å². The zero-order valence-corrected chi connectivity index (χ0v) is 16.5. The number of esters is 1. The highest BCUT2D eigenvalue weighted by Gasteiger charge is 2.37. The number of hydrogen-bond donors (Lipinski definition) is 0. The second kappa shape index (κ2) is 7.61. The van der Waals surface area contributed by atoms with Crippen molar-refractivity contribution in [2.24, 2.45) is 0 Å². The fourth-order valence-corrected chi connectivity index (χ4v) is 3.96. The van der Waals surface area contributed by atoms with Gasteiger partial charge in [0.25, 0.3) is 0 Å². The van der Waals surface area contributed by atoms with Crippen molar-refractivity contribution in [3.63, 3.8) is 0 Å². The number of carbonyl (C=O) groups is 1. The van der Waals surface area contributed by atoms with Crippen molar-refractivity contribution >= 4 is 5.97 Å². The van der Waals surface area contributed by atoms with Crippen molar-refractivity contribution in [1.29, 1.82) is 0 Å². The number of carbonyl (C=O) groups excluding carboxylic acids is 1. The van der Waals surface area contributed by atoms with Crippen LogP contribution in [-0.4, -0.2) is 31.0 Å². The van der Waals surface area contributed by atoms with Crippen LogP contribution in [0.4, 0.5) is 0 Å². The first-order valence-corrected chi connectivity index (χ1v) is 9.68. The molecule has 3 nitrogen and oxygen atoms in total. The highest BCUT2D eigenvalue weighted by molar-refractivity contribution is 5.93. The maximum absolute atomic E-state index is 13.4. The predicted molar refractivity (Wildman–Crippen MR) is 112 cm³/mol. The number of ether oxygens (including phenoxy) is 1. The van der Waals surface area contributed by atoms with Gasteiger partial charge in [-0.2, -0.15) is 0 Å². The maximum atomic E-state index is 13.4. The van der Waals surface area contributed by atoms with Gasteiger partial charge in [0.1, 0.15) is 12.0 Å². The summed E-state index contributed by atoms with van der Waals surface area (Å²) in [4.78, 5) is 15.5. The van der Waals surface area contributed by atoms with Crippen LogP contribution in [0.2, 0.25) is 0 Å². The highest BCUT2D eigenvalue weighted by atomic mass is 16.5. The molecule has 0 fully saturated rings. The molecule has 0 saturated carbocycles. The van der Waals surface area contributed by atoms with Crippen LogP contribution in [0.25, 0.3) is 11.1 Å². The standard InChI is InChI=1S/C25H25NO2/c1-17(26(2)3)24(18-11-5-4-6-12-18)28-25(27)23-21-15-9-7-13-19(21)20-14-8-10-16-22(20)23/h4-17,23-24H,1-3H3/t17-,24+/m1/s1. The quantitative estimate of drug-likeness (QED) is 0.589. The first-order chi connectivity index (χ1) is 13.6. The minimum Gasteiger partial charge on any atom is -0.455 e. The number of hydrogen-bond acceptors (Lipinski definition) is 3. The molecule has 1 aliphatic rings. The Labute approximate surface area is 166 Å². The van der Waals surface area contributed by atoms with E-state index in [1.165, 1.54) is 0 Å². The van der Waals surface area contributed by atoms with Crippen LogP contribution in [-0.2, 0) is 9.53 Å². The zero-order valence-electron chi connectivity index (χ0n) is 16.5. The van der Waals surface area contributed by atoms with Crippen molar-refractivity contribution in [1.82, 2.24) is 4.90 Å². The van der Waals surface area contributed by atoms with Gasteiger partial charge in [0, 0.05) is 6.04 Å². The third-order valence-electron chi connectivity index (χ3n) is 5.69. The molecule has 3 aromatic rings. The number of benzene rings is 3. The van der Waals surface area contributed by atoms with Crippen LogP contribution in [0, 0.1) is 0 Å². The van der Waals surface area contributed by atoms with Gasteiger partial charge in [-0.3, -0.25) is 4.79 Å². The summed E-state index contributed by atoms with van der Waals surface area (Å²) in [7, 11) is 4.02. The Balaban J connectivity index is 1.70. The summed E-state index contributed by atoms with van der Waals surface area (Å²) < 4.78 is 6.18. The Hall–Kier alpha value is -2.91. The lowest BCUT2D eigenvalue weighted by atomic mass is 9.96. The van der Waals surface area contributed by atoms with Gasteiger partial charge in [0.05, 0.1) is 0 Å². The normalized spacial score (nSPS) is 15.0. The van der Waals surface area contributed by atoms with Crippen LogP contribution in [0.1, 0.15) is 35.6 Å². The van der Waals surface area contributed by atoms with Gasteiger partial charge >= 0.3 is 5.97 Å². The molecule has 0 spiro atoms. The molecule has 0 amide bonds. The molecule has 0 unspecified atom stereocenters. The first-order valence-electron chi connectivity index (χ1n) is 9.68. The molecule has 0 heterocycles. The molecule has 0 N–H and O–H groups in total. The van der Waals surface area contributed by atoms with Crippen molar-refractivity contribution in [2.45, 2.75) is 25.0 Å². The average Bonchev–Trinajstić information content (AvgIpc) is 3.06. The van der Waals surface area contributed by atoms with E-state index in [1.807, 2.05) is 80.8 Å². The molecular weight excluding hydrogens is 346 g/mol. The van der Waals surface area contributed by atoms with Crippen LogP contribution in [0.3, 0.4) is 0 Å². The molecule has 3 aromatic carbocycles. The lowest BCUT2D eigenvalue weighted by Gasteiger charge is -2.30. The fraction of sp³-hybridized carbons (Fsp3) is 0.240. The third kappa shape index (κ3) is 3.23. The van der Waals surface area contributed by atoms with Crippen LogP contribution >= 0.6 is 0 Å². The van der Waals surface area contributed by atoms with Gasteiger partial charge in [0.15, 0.2) is 0 Å². The third-order valence-corrected chi connectivity index (χ3v) is 5.69. The molecule has 0 aromatic heterocycles. The predicted octanol–water partition coefficient (Wildman–Crippen LogP) is 5.03. The van der Waals surface area contributed by atoms with E-state index in [2.05, 4.69) is 24.0 Å². The van der Waals surface area contributed by atoms with Gasteiger partial charge < -0.3 is 9.64 Å². The topological polar surface area (TPSA) is 29.5 Å². The second-order valence-electron chi connectivity index (χ2n) is 7.58. The Bertz CT molecular complexity index is 935. The molecule has 2 atom stereocenters. The van der Waals surface area contributed by atoms with Gasteiger partial charge in [-0.05, 0) is 48.8 Å². The maximum Gasteiger partial charge on any atom is 0.318 e. The molecule has 142 valence electrons. The Morgan fingerprint density at radius 2 is 1.32 bits per heavy atom. The Morgan fingerprint density at radius 1 is 0.821 bits per heavy atom. The largest absolute Gasteiger partial charge is 0.455 e. The summed E-state index contributed by atoms with van der Waals surface area (Å²) in [5, 5.41) is 0. The Morgan fingerprint density at radius 3 is 1.86 bits per heavy atom. The highest BCUT2D eigenvalue weighted by Crippen LogP contribution is 2.45. The summed E-state index contributed by atoms with van der Waals surface area (Å²) in [6, 6.07) is 26.3. The van der Waals surface area contributed by atoms with Crippen molar-refractivity contribution in [3.8, 4) is 11.1 Å². The van der Waals surface area contributed by atoms with Crippen molar-refractivity contribution in [3.05, 3.63) is 95.6 Å². The smallest absolute Gasteiger partial charge is 0.318 e. The second-order valence-corrected chi connectivity index (χ2v) is 7.58. The van der Waals surface area contributed by atoms with Crippen LogP contribution in [0.15, 0.2) is 78.9 Å². The van der Waals surface area contributed by atoms with Gasteiger partial charge in [-0.1, -0.05) is 78.9 Å². The summed E-state index contributed by atoms with van der Waals surface area (Å²) in [5.41, 5.74) is 5.31. The van der Waals surface area contributed by atoms with E-state index in [0.717, 1.165) is 27.8 Å². The number of nitrogens with zero attached hydrogens (tertiary/aromatic N) is 1. The van der Waals surface area contributed by atoms with Crippen LogP contribution < -0.4 is 0 Å². The zero-order chi connectivity index (χ0) is 19.7. The number of fused-ring (bicyclic) bond motifs is 3. The lowest BCUT2D eigenvalue weighted by Crippen LogP contribution is -2.34. The molecule has 0 radical (unpaired) electrons. The van der Waals surface area contributed by atoms with Crippen molar-refractivity contribution in [2.75, 3.05) is 14.1 Å². The minimum atomic E-state index is -0.382. The summed E-state index contributed by atoms with van der Waals surface area (Å²) in [6.07, 6.45) is -0.330. The van der Waals surface area contributed by atoms with E-state index >= 15 is 0 Å². The molecule has 0 saturated heterocycles. The van der Waals surface area contributed by atoms with E-state index in [0.29, 0.717) is 0 Å². The van der Waals surface area contributed by atoms with E-state index in [4.69, 9.17) is 4.74 Å². The minimum absolute atomic E-state index is 0.0539. The van der Waals surface area contributed by atoms with E-state index in [-0.39, 0.29) is 24.0 Å². The summed E-state index contributed by atoms with van der Waals surface area (Å²) >= 11 is 0. The van der Waals surface area contributed by atoms with E-state index in [9.17, 15) is 4.79 Å². The van der Waals surface area contributed by atoms with Crippen LogP contribution in [0.5, 0.6) is 0 Å². The lowest BCUT2D eigenvalue weighted by molar-refractivity contribution is -0.153. The summed E-state index contributed by atoms with van der Waals surface area (Å²) in [6.45, 7) is 2.08. The van der Waals surface area contributed by atoms with E-state index < -0.39 is 0 Å². The monoisotopic (exact) mass is 371 g/mol. The SMILES string of the molecule is C[C@H]([C@H](OC(=O)C1c2ccccc2-c2ccccc21)c1ccccc1)N(C)C. The molecular formula is C25H25NO2. The van der Waals surface area contributed by atoms with Gasteiger partial charge in [-0.25, -0.2) is 0 Å². The Kier molecular flexibility index (Phi) is 5.01. The fourth-order valence-electron chi connectivity index (χ4n) is 3.96. The number of rotatable bonds is 5. The molecule has 0 aliphatic heterocycles. The molecule has 1 aliphatic carbocycles. The number of likely N-dealkylation sites (N-methyl/N-ethyl adjacent to an activating group) is 1. The molecule has 28 heavy (non-hydrogen) atoms. The van der Waals surface area contributed by atoms with E-state index in [1.54, 1.807) is 0 Å². The van der Waals surface area contributed by atoms with Gasteiger partial charge in [0.2, 0.25) is 0 Å². The molecule has 4 rings (SSSR count). The first kappa shape index (κ1) is 18.5. The average molecular weight is 371 g/mol. The van der Waals surface area contributed by atoms with Crippen molar-refractivity contribution < 1.29 is 9.53 Å². The summed E-state index contributed by atoms with van der Waals surface area (Å²) in [5.74, 6) is -0.576. The molecule has 3 heteroatoms.